The summed E-state index contributed by atoms with van der Waals surface area (Å²) < 4.78 is 31.2. The third kappa shape index (κ3) is 5.96. The topological polar surface area (TPSA) is 90.3 Å². The Morgan fingerprint density at radius 3 is 2.50 bits per heavy atom. The average Bonchev–Trinajstić information content (AvgIpc) is 3.61. The molecular formula is C30H26ClN3O4S2. The molecule has 7 nitrogen and oxygen atoms in total. The second-order valence-corrected chi connectivity index (χ2v) is 12.6. The number of halogens is 1. The fraction of sp³-hybridized carbons (Fsp3) is 0.133. The molecular weight excluding hydrogens is 566 g/mol. The fourth-order valence-electron chi connectivity index (χ4n) is 4.30. The normalized spacial score (nSPS) is 11.4. The van der Waals surface area contributed by atoms with E-state index < -0.39 is 9.84 Å². The van der Waals surface area contributed by atoms with Crippen molar-refractivity contribution in [2.45, 2.75) is 11.3 Å². The SMILES string of the molecule is COc1ccccc1CCNC(=O)c1cc(-c2ccc(-c3cccc(S(C)(=O)=O)c3)s2)n(-c2ccccc2Cl)n1. The van der Waals surface area contributed by atoms with Crippen molar-refractivity contribution in [3.05, 3.63) is 107 Å². The van der Waals surface area contributed by atoms with Gasteiger partial charge in [-0.05, 0) is 66.1 Å². The molecule has 204 valence electrons. The monoisotopic (exact) mass is 591 g/mol. The summed E-state index contributed by atoms with van der Waals surface area (Å²) in [7, 11) is -1.71. The molecule has 0 aliphatic heterocycles. The zero-order valence-corrected chi connectivity index (χ0v) is 24.2. The zero-order valence-electron chi connectivity index (χ0n) is 21.8. The number of hydrogen-bond donors (Lipinski definition) is 1. The standard InChI is InChI=1S/C30H26ClN3O4S2/c1-38-27-13-6-3-8-20(27)16-17-32-30(35)24-19-26(34(33-24)25-12-5-4-11-23(25)31)29-15-14-28(39-29)21-9-7-10-22(18-21)40(2,36)37/h3-15,18-19H,16-17H2,1-2H3,(H,32,35). The maximum atomic E-state index is 13.2. The highest BCUT2D eigenvalue weighted by molar-refractivity contribution is 7.90. The van der Waals surface area contributed by atoms with Gasteiger partial charge in [-0.1, -0.05) is 54.1 Å². The van der Waals surface area contributed by atoms with Gasteiger partial charge in [0.25, 0.3) is 5.91 Å². The summed E-state index contributed by atoms with van der Waals surface area (Å²) in [5, 5.41) is 8.07. The zero-order chi connectivity index (χ0) is 28.3. The molecule has 0 aliphatic rings. The summed E-state index contributed by atoms with van der Waals surface area (Å²) in [6.45, 7) is 0.410. The number of carbonyl (C=O) groups is 1. The molecule has 5 rings (SSSR count). The van der Waals surface area contributed by atoms with Gasteiger partial charge in [0.05, 0.1) is 33.3 Å². The predicted molar refractivity (Wildman–Crippen MR) is 159 cm³/mol. The second kappa shape index (κ2) is 11.7. The lowest BCUT2D eigenvalue weighted by Gasteiger charge is -2.08. The van der Waals surface area contributed by atoms with Crippen LogP contribution in [0.4, 0.5) is 0 Å². The summed E-state index contributed by atoms with van der Waals surface area (Å²) in [5.41, 5.74) is 3.37. The molecule has 3 aromatic carbocycles. The lowest BCUT2D eigenvalue weighted by Crippen LogP contribution is -2.26. The van der Waals surface area contributed by atoms with Gasteiger partial charge in [-0.25, -0.2) is 13.1 Å². The van der Waals surface area contributed by atoms with Crippen molar-refractivity contribution in [2.24, 2.45) is 0 Å². The van der Waals surface area contributed by atoms with E-state index >= 15 is 0 Å². The fourth-order valence-corrected chi connectivity index (χ4v) is 6.18. The Balaban J connectivity index is 1.46. The van der Waals surface area contributed by atoms with Gasteiger partial charge < -0.3 is 10.1 Å². The largest absolute Gasteiger partial charge is 0.496 e. The molecule has 40 heavy (non-hydrogen) atoms. The van der Waals surface area contributed by atoms with Crippen molar-refractivity contribution in [3.63, 3.8) is 0 Å². The van der Waals surface area contributed by atoms with E-state index in [0.717, 1.165) is 26.6 Å². The average molecular weight is 592 g/mol. The summed E-state index contributed by atoms with van der Waals surface area (Å²) >= 11 is 7.99. The van der Waals surface area contributed by atoms with E-state index in [1.54, 1.807) is 42.1 Å². The number of carbonyl (C=O) groups excluding carboxylic acids is 1. The number of benzene rings is 3. The number of aromatic nitrogens is 2. The molecule has 5 aromatic rings. The van der Waals surface area contributed by atoms with Crippen LogP contribution in [0.15, 0.2) is 95.9 Å². The van der Waals surface area contributed by atoms with E-state index in [-0.39, 0.29) is 16.5 Å². The van der Waals surface area contributed by atoms with Crippen LogP contribution in [-0.2, 0) is 16.3 Å². The Kier molecular flexibility index (Phi) is 8.07. The number of methoxy groups -OCH3 is 1. The highest BCUT2D eigenvalue weighted by atomic mass is 35.5. The molecule has 1 amide bonds. The number of thiophene rings is 1. The lowest BCUT2D eigenvalue weighted by molar-refractivity contribution is 0.0948. The first-order valence-corrected chi connectivity index (χ1v) is 15.5. The van der Waals surface area contributed by atoms with Gasteiger partial charge in [-0.2, -0.15) is 5.10 Å². The van der Waals surface area contributed by atoms with E-state index in [9.17, 15) is 13.2 Å². The minimum atomic E-state index is -3.34. The minimum Gasteiger partial charge on any atom is -0.496 e. The first kappa shape index (κ1) is 27.6. The molecule has 0 fully saturated rings. The summed E-state index contributed by atoms with van der Waals surface area (Å²) in [6.07, 6.45) is 1.80. The first-order valence-electron chi connectivity index (χ1n) is 12.4. The summed E-state index contributed by atoms with van der Waals surface area (Å²) in [4.78, 5) is 15.1. The van der Waals surface area contributed by atoms with Crippen LogP contribution in [0.25, 0.3) is 26.7 Å². The Morgan fingerprint density at radius 2 is 1.73 bits per heavy atom. The maximum absolute atomic E-state index is 13.2. The number of nitrogens with zero attached hydrogens (tertiary/aromatic N) is 2. The third-order valence-corrected chi connectivity index (χ3v) is 8.89. The third-order valence-electron chi connectivity index (χ3n) is 6.30. The Bertz CT molecular complexity index is 1790. The number of amides is 1. The van der Waals surface area contributed by atoms with Gasteiger partial charge in [0.2, 0.25) is 0 Å². The van der Waals surface area contributed by atoms with Gasteiger partial charge in [0.1, 0.15) is 5.75 Å². The van der Waals surface area contributed by atoms with Crippen molar-refractivity contribution in [1.29, 1.82) is 0 Å². The van der Waals surface area contributed by atoms with Gasteiger partial charge >= 0.3 is 0 Å². The number of sulfone groups is 1. The van der Waals surface area contributed by atoms with E-state index in [4.69, 9.17) is 16.3 Å². The number of para-hydroxylation sites is 2. The molecule has 10 heteroatoms. The molecule has 0 saturated carbocycles. The van der Waals surface area contributed by atoms with Gasteiger partial charge in [-0.15, -0.1) is 11.3 Å². The Hall–Kier alpha value is -3.92. The van der Waals surface area contributed by atoms with Gasteiger partial charge in [0.15, 0.2) is 15.5 Å². The Morgan fingerprint density at radius 1 is 0.975 bits per heavy atom. The van der Waals surface area contributed by atoms with Crippen molar-refractivity contribution in [1.82, 2.24) is 15.1 Å². The highest BCUT2D eigenvalue weighted by Gasteiger charge is 2.20. The minimum absolute atomic E-state index is 0.254. The van der Waals surface area contributed by atoms with Crippen molar-refractivity contribution in [3.8, 4) is 32.4 Å². The van der Waals surface area contributed by atoms with E-state index in [1.807, 2.05) is 60.7 Å². The van der Waals surface area contributed by atoms with Crippen molar-refractivity contribution in [2.75, 3.05) is 19.9 Å². The van der Waals surface area contributed by atoms with Crippen LogP contribution < -0.4 is 10.1 Å². The molecule has 2 heterocycles. The van der Waals surface area contributed by atoms with E-state index in [2.05, 4.69) is 10.4 Å². The molecule has 1 N–H and O–H groups in total. The van der Waals surface area contributed by atoms with Crippen LogP contribution in [0, 0.1) is 0 Å². The second-order valence-electron chi connectivity index (χ2n) is 9.06. The van der Waals surface area contributed by atoms with E-state index in [1.165, 1.54) is 17.6 Å². The van der Waals surface area contributed by atoms with Gasteiger partial charge in [-0.3, -0.25) is 4.79 Å². The lowest BCUT2D eigenvalue weighted by atomic mass is 10.1. The molecule has 0 spiro atoms. The quantitative estimate of drug-likeness (QED) is 0.217. The molecule has 0 aliphatic carbocycles. The maximum Gasteiger partial charge on any atom is 0.271 e. The molecule has 0 unspecified atom stereocenters. The van der Waals surface area contributed by atoms with Crippen LogP contribution in [0.5, 0.6) is 5.75 Å². The van der Waals surface area contributed by atoms with Crippen molar-refractivity contribution >= 4 is 38.7 Å². The highest BCUT2D eigenvalue weighted by Crippen LogP contribution is 2.37. The summed E-state index contributed by atoms with van der Waals surface area (Å²) in [5.74, 6) is 0.470. The summed E-state index contributed by atoms with van der Waals surface area (Å²) in [6, 6.07) is 27.4. The van der Waals surface area contributed by atoms with Gasteiger partial charge in [0, 0.05) is 17.7 Å². The van der Waals surface area contributed by atoms with Crippen LogP contribution in [0.1, 0.15) is 16.1 Å². The predicted octanol–water partition coefficient (Wildman–Crippen LogP) is 6.31. The number of hydrogen-bond acceptors (Lipinski definition) is 6. The van der Waals surface area contributed by atoms with Crippen LogP contribution in [0.3, 0.4) is 0 Å². The Labute approximate surface area is 241 Å². The number of rotatable bonds is 9. The molecule has 0 atom stereocenters. The molecule has 0 radical (unpaired) electrons. The van der Waals surface area contributed by atoms with Crippen LogP contribution in [0.2, 0.25) is 5.02 Å². The first-order chi connectivity index (χ1) is 19.2. The molecule has 2 aromatic heterocycles. The van der Waals surface area contributed by atoms with E-state index in [0.29, 0.717) is 29.4 Å². The van der Waals surface area contributed by atoms with Crippen molar-refractivity contribution < 1.29 is 17.9 Å². The molecule has 0 saturated heterocycles. The smallest absolute Gasteiger partial charge is 0.271 e. The molecule has 0 bridgehead atoms. The number of ether oxygens (including phenoxy) is 1. The number of nitrogens with one attached hydrogen (secondary N) is 1. The van der Waals surface area contributed by atoms with Crippen LogP contribution in [-0.4, -0.2) is 44.0 Å². The van der Waals surface area contributed by atoms with Crippen LogP contribution >= 0.6 is 22.9 Å².